The van der Waals surface area contributed by atoms with E-state index in [9.17, 15) is 9.59 Å². The van der Waals surface area contributed by atoms with Crippen LogP contribution in [0.1, 0.15) is 40.2 Å². The first-order valence-electron chi connectivity index (χ1n) is 8.35. The molecule has 0 heterocycles. The predicted octanol–water partition coefficient (Wildman–Crippen LogP) is 3.68. The predicted molar refractivity (Wildman–Crippen MR) is 96.1 cm³/mol. The SMILES string of the molecule is Cc1cc(C)c(C2C(=O)CC(Cc3ccc(N)cc3)C2=O)c(C)c1. The first kappa shape index (κ1) is 16.4. The van der Waals surface area contributed by atoms with Crippen LogP contribution in [0.4, 0.5) is 5.69 Å². The van der Waals surface area contributed by atoms with Gasteiger partial charge in [0.05, 0.1) is 0 Å². The zero-order valence-corrected chi connectivity index (χ0v) is 14.4. The van der Waals surface area contributed by atoms with Gasteiger partial charge in [0.1, 0.15) is 11.7 Å². The summed E-state index contributed by atoms with van der Waals surface area (Å²) in [5.74, 6) is -0.710. The molecule has 1 aliphatic carbocycles. The van der Waals surface area contributed by atoms with E-state index in [1.165, 1.54) is 0 Å². The second-order valence-electron chi connectivity index (χ2n) is 6.96. The molecule has 24 heavy (non-hydrogen) atoms. The number of carbonyl (C=O) groups is 2. The van der Waals surface area contributed by atoms with E-state index in [-0.39, 0.29) is 17.5 Å². The van der Waals surface area contributed by atoms with Crippen LogP contribution in [0.3, 0.4) is 0 Å². The third-order valence-electron chi connectivity index (χ3n) is 4.94. The van der Waals surface area contributed by atoms with Gasteiger partial charge >= 0.3 is 0 Å². The van der Waals surface area contributed by atoms with Gasteiger partial charge in [0, 0.05) is 18.0 Å². The van der Waals surface area contributed by atoms with Crippen LogP contribution < -0.4 is 5.73 Å². The Morgan fingerprint density at radius 2 is 1.58 bits per heavy atom. The van der Waals surface area contributed by atoms with E-state index in [0.29, 0.717) is 18.5 Å². The van der Waals surface area contributed by atoms with Crippen LogP contribution in [0.25, 0.3) is 0 Å². The number of Topliss-reactive ketones (excluding diaryl/α,β-unsaturated/α-hetero) is 2. The van der Waals surface area contributed by atoms with Gasteiger partial charge in [-0.15, -0.1) is 0 Å². The molecular formula is C21H23NO2. The van der Waals surface area contributed by atoms with Gasteiger partial charge in [-0.25, -0.2) is 0 Å². The maximum atomic E-state index is 12.9. The molecule has 1 aliphatic rings. The summed E-state index contributed by atoms with van der Waals surface area (Å²) in [6, 6.07) is 11.6. The van der Waals surface area contributed by atoms with Gasteiger partial charge in [-0.05, 0) is 61.6 Å². The lowest BCUT2D eigenvalue weighted by atomic mass is 9.86. The maximum Gasteiger partial charge on any atom is 0.151 e. The first-order chi connectivity index (χ1) is 11.4. The van der Waals surface area contributed by atoms with Gasteiger partial charge in [-0.3, -0.25) is 9.59 Å². The van der Waals surface area contributed by atoms with Crippen molar-refractivity contribution in [3.63, 3.8) is 0 Å². The van der Waals surface area contributed by atoms with Crippen LogP contribution >= 0.6 is 0 Å². The highest BCUT2D eigenvalue weighted by Crippen LogP contribution is 2.37. The highest BCUT2D eigenvalue weighted by Gasteiger charge is 2.42. The molecule has 3 heteroatoms. The number of rotatable bonds is 3. The number of ketones is 2. The minimum Gasteiger partial charge on any atom is -0.399 e. The smallest absolute Gasteiger partial charge is 0.151 e. The van der Waals surface area contributed by atoms with Crippen molar-refractivity contribution in [2.75, 3.05) is 5.73 Å². The number of nitrogen functional groups attached to an aromatic ring is 1. The van der Waals surface area contributed by atoms with Crippen LogP contribution in [0.15, 0.2) is 36.4 Å². The summed E-state index contributed by atoms with van der Waals surface area (Å²) in [6.45, 7) is 6.01. The standard InChI is InChI=1S/C21H23NO2/c1-12-8-13(2)19(14(3)9-12)20-18(23)11-16(21(20)24)10-15-4-6-17(22)7-5-15/h4-9,16,20H,10-11,22H2,1-3H3. The molecule has 124 valence electrons. The van der Waals surface area contributed by atoms with E-state index in [1.807, 2.05) is 45.0 Å². The Balaban J connectivity index is 1.88. The topological polar surface area (TPSA) is 60.2 Å². The van der Waals surface area contributed by atoms with E-state index < -0.39 is 5.92 Å². The summed E-state index contributed by atoms with van der Waals surface area (Å²) in [7, 11) is 0. The minimum atomic E-state index is -0.593. The zero-order valence-electron chi connectivity index (χ0n) is 14.4. The molecule has 2 N–H and O–H groups in total. The molecule has 2 atom stereocenters. The minimum absolute atomic E-state index is 0.0514. The van der Waals surface area contributed by atoms with E-state index >= 15 is 0 Å². The molecule has 3 rings (SSSR count). The van der Waals surface area contributed by atoms with Crippen molar-refractivity contribution in [1.82, 2.24) is 0 Å². The molecule has 2 aromatic rings. The average Bonchev–Trinajstić information content (AvgIpc) is 2.76. The van der Waals surface area contributed by atoms with Gasteiger partial charge in [0.15, 0.2) is 5.78 Å². The van der Waals surface area contributed by atoms with Crippen molar-refractivity contribution in [3.05, 3.63) is 64.2 Å². The van der Waals surface area contributed by atoms with E-state index in [4.69, 9.17) is 5.73 Å². The van der Waals surface area contributed by atoms with Crippen molar-refractivity contribution in [2.45, 2.75) is 39.5 Å². The Bertz CT molecular complexity index is 782. The Kier molecular flexibility index (Phi) is 4.27. The number of benzene rings is 2. The summed E-state index contributed by atoms with van der Waals surface area (Å²) >= 11 is 0. The van der Waals surface area contributed by atoms with Crippen LogP contribution in [-0.2, 0) is 16.0 Å². The second-order valence-corrected chi connectivity index (χ2v) is 6.96. The van der Waals surface area contributed by atoms with Crippen molar-refractivity contribution in [3.8, 4) is 0 Å². The number of anilines is 1. The molecule has 0 bridgehead atoms. The molecule has 0 spiro atoms. The lowest BCUT2D eigenvalue weighted by Gasteiger charge is -2.16. The lowest BCUT2D eigenvalue weighted by Crippen LogP contribution is -2.18. The number of aryl methyl sites for hydroxylation is 3. The maximum absolute atomic E-state index is 12.9. The van der Waals surface area contributed by atoms with Gasteiger partial charge in [0.25, 0.3) is 0 Å². The molecular weight excluding hydrogens is 298 g/mol. The van der Waals surface area contributed by atoms with Crippen molar-refractivity contribution >= 4 is 17.3 Å². The Labute approximate surface area is 142 Å². The second kappa shape index (κ2) is 6.23. The van der Waals surface area contributed by atoms with Crippen molar-refractivity contribution in [1.29, 1.82) is 0 Å². The molecule has 0 amide bonds. The van der Waals surface area contributed by atoms with Gasteiger partial charge in [-0.2, -0.15) is 0 Å². The number of nitrogens with two attached hydrogens (primary N) is 1. The molecule has 0 saturated heterocycles. The monoisotopic (exact) mass is 321 g/mol. The van der Waals surface area contributed by atoms with Gasteiger partial charge < -0.3 is 5.73 Å². The Hall–Kier alpha value is -2.42. The van der Waals surface area contributed by atoms with Gasteiger partial charge in [0.2, 0.25) is 0 Å². The fraction of sp³-hybridized carbons (Fsp3) is 0.333. The molecule has 1 fully saturated rings. The molecule has 0 radical (unpaired) electrons. The fourth-order valence-electron chi connectivity index (χ4n) is 3.92. The number of hydrogen-bond donors (Lipinski definition) is 1. The van der Waals surface area contributed by atoms with E-state index in [2.05, 4.69) is 12.1 Å². The molecule has 0 aromatic heterocycles. The highest BCUT2D eigenvalue weighted by molar-refractivity contribution is 6.15. The molecule has 3 nitrogen and oxygen atoms in total. The third kappa shape index (κ3) is 2.99. The third-order valence-corrected chi connectivity index (χ3v) is 4.94. The summed E-state index contributed by atoms with van der Waals surface area (Å²) in [5, 5.41) is 0. The summed E-state index contributed by atoms with van der Waals surface area (Å²) < 4.78 is 0. The Morgan fingerprint density at radius 1 is 1.00 bits per heavy atom. The molecule has 2 unspecified atom stereocenters. The summed E-state index contributed by atoms with van der Waals surface area (Å²) in [4.78, 5) is 25.5. The average molecular weight is 321 g/mol. The van der Waals surface area contributed by atoms with Crippen LogP contribution in [0, 0.1) is 26.7 Å². The van der Waals surface area contributed by atoms with Crippen LogP contribution in [0.5, 0.6) is 0 Å². The van der Waals surface area contributed by atoms with Crippen LogP contribution in [-0.4, -0.2) is 11.6 Å². The summed E-state index contributed by atoms with van der Waals surface area (Å²) in [5.41, 5.74) is 11.6. The van der Waals surface area contributed by atoms with Crippen LogP contribution in [0.2, 0.25) is 0 Å². The van der Waals surface area contributed by atoms with Gasteiger partial charge in [-0.1, -0.05) is 29.8 Å². The fourth-order valence-corrected chi connectivity index (χ4v) is 3.92. The summed E-state index contributed by atoms with van der Waals surface area (Å²) in [6.07, 6.45) is 0.936. The zero-order chi connectivity index (χ0) is 17.4. The van der Waals surface area contributed by atoms with E-state index in [1.54, 1.807) is 0 Å². The van der Waals surface area contributed by atoms with E-state index in [0.717, 1.165) is 27.8 Å². The Morgan fingerprint density at radius 3 is 2.17 bits per heavy atom. The number of carbonyl (C=O) groups excluding carboxylic acids is 2. The number of hydrogen-bond acceptors (Lipinski definition) is 3. The van der Waals surface area contributed by atoms with Crippen molar-refractivity contribution in [2.24, 2.45) is 5.92 Å². The quantitative estimate of drug-likeness (QED) is 0.693. The molecule has 2 aromatic carbocycles. The molecule has 1 saturated carbocycles. The van der Waals surface area contributed by atoms with Crippen molar-refractivity contribution < 1.29 is 9.59 Å². The lowest BCUT2D eigenvalue weighted by molar-refractivity contribution is -0.124. The largest absolute Gasteiger partial charge is 0.399 e. The first-order valence-corrected chi connectivity index (χ1v) is 8.35. The normalized spacial score (nSPS) is 20.6. The highest BCUT2D eigenvalue weighted by atomic mass is 16.2. The molecule has 0 aliphatic heterocycles.